The van der Waals surface area contributed by atoms with Gasteiger partial charge in [-0.15, -0.1) is 0 Å². The molecular formula is C11H12F2O2. The van der Waals surface area contributed by atoms with Gasteiger partial charge in [0.25, 0.3) is 0 Å². The second-order valence-electron chi connectivity index (χ2n) is 3.79. The average molecular weight is 214 g/mol. The highest BCUT2D eigenvalue weighted by molar-refractivity contribution is 5.27. The van der Waals surface area contributed by atoms with Crippen molar-refractivity contribution in [1.29, 1.82) is 0 Å². The van der Waals surface area contributed by atoms with Gasteiger partial charge in [-0.2, -0.15) is 0 Å². The molecule has 1 aliphatic heterocycles. The van der Waals surface area contributed by atoms with Gasteiger partial charge in [0.2, 0.25) is 0 Å². The highest BCUT2D eigenvalue weighted by Crippen LogP contribution is 2.37. The second kappa shape index (κ2) is 3.54. The van der Waals surface area contributed by atoms with Crippen molar-refractivity contribution in [3.8, 4) is 0 Å². The summed E-state index contributed by atoms with van der Waals surface area (Å²) in [5.41, 5.74) is -1.43. The van der Waals surface area contributed by atoms with Crippen molar-refractivity contribution in [2.45, 2.75) is 25.0 Å². The largest absolute Gasteiger partial charge is 0.382 e. The molecule has 0 aromatic heterocycles. The molecule has 1 saturated heterocycles. The summed E-state index contributed by atoms with van der Waals surface area (Å²) in [5.74, 6) is -1.93. The van der Waals surface area contributed by atoms with Crippen molar-refractivity contribution < 1.29 is 18.6 Å². The van der Waals surface area contributed by atoms with Crippen molar-refractivity contribution >= 4 is 0 Å². The Morgan fingerprint density at radius 2 is 2.20 bits per heavy atom. The van der Waals surface area contributed by atoms with Crippen molar-refractivity contribution in [3.63, 3.8) is 0 Å². The third kappa shape index (κ3) is 1.54. The second-order valence-corrected chi connectivity index (χ2v) is 3.79. The highest BCUT2D eigenvalue weighted by Gasteiger charge is 2.43. The molecule has 2 unspecified atom stereocenters. The summed E-state index contributed by atoms with van der Waals surface area (Å²) in [4.78, 5) is 0. The first kappa shape index (κ1) is 10.5. The van der Waals surface area contributed by atoms with Crippen LogP contribution in [0.3, 0.4) is 0 Å². The van der Waals surface area contributed by atoms with E-state index in [0.29, 0.717) is 6.61 Å². The Balaban J connectivity index is 2.49. The molecule has 15 heavy (non-hydrogen) atoms. The summed E-state index contributed by atoms with van der Waals surface area (Å²) < 4.78 is 31.7. The molecule has 1 N–H and O–H groups in total. The zero-order valence-electron chi connectivity index (χ0n) is 8.34. The molecule has 0 radical (unpaired) electrons. The summed E-state index contributed by atoms with van der Waals surface area (Å²) in [6.07, 6.45) is -0.233. The zero-order chi connectivity index (χ0) is 11.1. The third-order valence-electron chi connectivity index (χ3n) is 2.94. The fourth-order valence-electron chi connectivity index (χ4n) is 1.92. The lowest BCUT2D eigenvalue weighted by Crippen LogP contribution is -2.34. The van der Waals surface area contributed by atoms with Crippen LogP contribution in [0.2, 0.25) is 0 Å². The van der Waals surface area contributed by atoms with E-state index in [1.165, 1.54) is 12.1 Å². The molecule has 2 rings (SSSR count). The number of rotatable bonds is 1. The number of hydrogen-bond acceptors (Lipinski definition) is 2. The van der Waals surface area contributed by atoms with Gasteiger partial charge in [0.15, 0.2) is 11.6 Å². The summed E-state index contributed by atoms with van der Waals surface area (Å²) in [5, 5.41) is 10.2. The molecule has 4 heteroatoms. The van der Waals surface area contributed by atoms with Gasteiger partial charge in [-0.05, 0) is 13.0 Å². The lowest BCUT2D eigenvalue weighted by Gasteiger charge is -2.26. The Kier molecular flexibility index (Phi) is 2.48. The fraction of sp³-hybridized carbons (Fsp3) is 0.455. The molecule has 1 aromatic carbocycles. The minimum absolute atomic E-state index is 0.0208. The zero-order valence-corrected chi connectivity index (χ0v) is 8.34. The fourth-order valence-corrected chi connectivity index (χ4v) is 1.92. The Morgan fingerprint density at radius 1 is 1.47 bits per heavy atom. The maximum Gasteiger partial charge on any atom is 0.164 e. The Morgan fingerprint density at radius 3 is 2.80 bits per heavy atom. The summed E-state index contributed by atoms with van der Waals surface area (Å²) in [6.45, 7) is 2.00. The summed E-state index contributed by atoms with van der Waals surface area (Å²) >= 11 is 0. The Labute approximate surface area is 86.5 Å². The average Bonchev–Trinajstić information content (AvgIpc) is 2.53. The van der Waals surface area contributed by atoms with Crippen LogP contribution in [-0.4, -0.2) is 17.8 Å². The first-order valence-corrected chi connectivity index (χ1v) is 4.84. The normalized spacial score (nSPS) is 30.8. The molecule has 1 aliphatic rings. The van der Waals surface area contributed by atoms with Crippen LogP contribution in [0.15, 0.2) is 18.2 Å². The molecule has 2 nitrogen and oxygen atoms in total. The van der Waals surface area contributed by atoms with Crippen molar-refractivity contribution in [2.75, 3.05) is 6.61 Å². The molecule has 1 fully saturated rings. The Hall–Kier alpha value is -1.00. The predicted octanol–water partition coefficient (Wildman–Crippen LogP) is 1.96. The van der Waals surface area contributed by atoms with Crippen LogP contribution in [0.4, 0.5) is 8.78 Å². The quantitative estimate of drug-likeness (QED) is 0.774. The standard InChI is InChI=1S/C11H12F2O2/c1-7-11(14,5-6-15-7)8-3-2-4-9(12)10(8)13/h2-4,7,14H,5-6H2,1H3. The van der Waals surface area contributed by atoms with E-state index in [1.807, 2.05) is 0 Å². The van der Waals surface area contributed by atoms with Gasteiger partial charge < -0.3 is 9.84 Å². The molecule has 82 valence electrons. The van der Waals surface area contributed by atoms with Crippen LogP contribution in [-0.2, 0) is 10.3 Å². The molecule has 0 saturated carbocycles. The van der Waals surface area contributed by atoms with E-state index in [2.05, 4.69) is 0 Å². The van der Waals surface area contributed by atoms with Gasteiger partial charge in [0.1, 0.15) is 5.60 Å². The minimum atomic E-state index is -1.41. The third-order valence-corrected chi connectivity index (χ3v) is 2.94. The van der Waals surface area contributed by atoms with Gasteiger partial charge in [0.05, 0.1) is 12.7 Å². The van der Waals surface area contributed by atoms with Crippen molar-refractivity contribution in [1.82, 2.24) is 0 Å². The summed E-state index contributed by atoms with van der Waals surface area (Å²) in [7, 11) is 0. The number of benzene rings is 1. The molecule has 0 amide bonds. The van der Waals surface area contributed by atoms with E-state index in [4.69, 9.17) is 4.74 Å². The monoisotopic (exact) mass is 214 g/mol. The van der Waals surface area contributed by atoms with Crippen LogP contribution in [0.5, 0.6) is 0 Å². The van der Waals surface area contributed by atoms with Crippen LogP contribution >= 0.6 is 0 Å². The van der Waals surface area contributed by atoms with Gasteiger partial charge >= 0.3 is 0 Å². The molecule has 2 atom stereocenters. The maximum atomic E-state index is 13.5. The van der Waals surface area contributed by atoms with E-state index in [9.17, 15) is 13.9 Å². The number of hydrogen-bond donors (Lipinski definition) is 1. The van der Waals surface area contributed by atoms with Gasteiger partial charge in [-0.25, -0.2) is 8.78 Å². The van der Waals surface area contributed by atoms with E-state index in [1.54, 1.807) is 6.92 Å². The first-order valence-electron chi connectivity index (χ1n) is 4.84. The van der Waals surface area contributed by atoms with Crippen LogP contribution < -0.4 is 0 Å². The van der Waals surface area contributed by atoms with Gasteiger partial charge in [-0.1, -0.05) is 12.1 Å². The smallest absolute Gasteiger partial charge is 0.164 e. The van der Waals surface area contributed by atoms with Crippen LogP contribution in [0.25, 0.3) is 0 Å². The lowest BCUT2D eigenvalue weighted by atomic mass is 9.87. The number of halogens is 2. The van der Waals surface area contributed by atoms with E-state index in [0.717, 1.165) is 6.07 Å². The molecule has 1 heterocycles. The van der Waals surface area contributed by atoms with Crippen molar-refractivity contribution in [3.05, 3.63) is 35.4 Å². The highest BCUT2D eigenvalue weighted by atomic mass is 19.2. The van der Waals surface area contributed by atoms with Crippen LogP contribution in [0.1, 0.15) is 18.9 Å². The van der Waals surface area contributed by atoms with Crippen molar-refractivity contribution in [2.24, 2.45) is 0 Å². The first-order chi connectivity index (χ1) is 7.05. The Bertz CT molecular complexity index is 381. The van der Waals surface area contributed by atoms with E-state index in [-0.39, 0.29) is 12.0 Å². The van der Waals surface area contributed by atoms with E-state index >= 15 is 0 Å². The molecule has 0 bridgehead atoms. The predicted molar refractivity (Wildman–Crippen MR) is 50.3 cm³/mol. The minimum Gasteiger partial charge on any atom is -0.382 e. The molecule has 0 spiro atoms. The maximum absolute atomic E-state index is 13.5. The number of ether oxygens (including phenoxy) is 1. The molecular weight excluding hydrogens is 202 g/mol. The number of aliphatic hydroxyl groups is 1. The van der Waals surface area contributed by atoms with Gasteiger partial charge in [-0.3, -0.25) is 0 Å². The topological polar surface area (TPSA) is 29.5 Å². The summed E-state index contributed by atoms with van der Waals surface area (Å²) in [6, 6.07) is 3.81. The SMILES string of the molecule is CC1OCCC1(O)c1cccc(F)c1F. The molecule has 1 aromatic rings. The van der Waals surface area contributed by atoms with Gasteiger partial charge in [0, 0.05) is 12.0 Å². The van der Waals surface area contributed by atoms with E-state index < -0.39 is 23.3 Å². The van der Waals surface area contributed by atoms with Crippen LogP contribution in [0, 0.1) is 11.6 Å². The lowest BCUT2D eigenvalue weighted by molar-refractivity contribution is -0.0343. The molecule has 0 aliphatic carbocycles.